The Morgan fingerprint density at radius 1 is 1.50 bits per heavy atom. The molecule has 0 aliphatic carbocycles. The molecule has 1 aliphatic rings. The van der Waals surface area contributed by atoms with E-state index in [9.17, 15) is 0 Å². The van der Waals surface area contributed by atoms with Crippen molar-refractivity contribution in [3.05, 3.63) is 0 Å². The van der Waals surface area contributed by atoms with Gasteiger partial charge in [0.25, 0.3) is 0 Å². The lowest BCUT2D eigenvalue weighted by Crippen LogP contribution is -2.44. The summed E-state index contributed by atoms with van der Waals surface area (Å²) in [5, 5.41) is 0. The number of rotatable bonds is 1. The third-order valence-electron chi connectivity index (χ3n) is 2.14. The van der Waals surface area contributed by atoms with Gasteiger partial charge in [-0.3, -0.25) is 0 Å². The Hall–Kier alpha value is -0.0800. The molecule has 0 bridgehead atoms. The lowest BCUT2D eigenvalue weighted by atomic mass is 9.94. The minimum atomic E-state index is -0.0764. The molecule has 2 nitrogen and oxygen atoms in total. The normalized spacial score (nSPS) is 32.1. The van der Waals surface area contributed by atoms with Crippen LogP contribution in [0.15, 0.2) is 0 Å². The molecule has 1 aliphatic heterocycles. The summed E-state index contributed by atoms with van der Waals surface area (Å²) in [6, 6.07) is 0. The Kier molecular flexibility index (Phi) is 2.32. The second kappa shape index (κ2) is 2.89. The fourth-order valence-electron chi connectivity index (χ4n) is 1.45. The van der Waals surface area contributed by atoms with Gasteiger partial charge in [-0.15, -0.1) is 0 Å². The van der Waals surface area contributed by atoms with E-state index in [1.54, 1.807) is 7.11 Å². The Morgan fingerprint density at radius 3 is 2.60 bits per heavy atom. The molecule has 0 radical (unpaired) electrons. The van der Waals surface area contributed by atoms with Gasteiger partial charge in [-0.1, -0.05) is 0 Å². The zero-order chi connectivity index (χ0) is 7.61. The van der Waals surface area contributed by atoms with Crippen LogP contribution >= 0.6 is 0 Å². The topological polar surface area (TPSA) is 18.5 Å². The molecule has 0 saturated carbocycles. The Morgan fingerprint density at radius 2 is 2.20 bits per heavy atom. The van der Waals surface area contributed by atoms with E-state index < -0.39 is 0 Å². The van der Waals surface area contributed by atoms with Gasteiger partial charge in [0, 0.05) is 13.7 Å². The van der Waals surface area contributed by atoms with Gasteiger partial charge in [-0.05, 0) is 26.7 Å². The highest BCUT2D eigenvalue weighted by molar-refractivity contribution is 4.83. The third-order valence-corrected chi connectivity index (χ3v) is 2.14. The summed E-state index contributed by atoms with van der Waals surface area (Å²) in [5.74, 6) is 0. The maximum atomic E-state index is 5.54. The average molecular weight is 144 g/mol. The molecule has 0 aromatic carbocycles. The van der Waals surface area contributed by atoms with E-state index in [4.69, 9.17) is 9.47 Å². The molecule has 1 rings (SSSR count). The van der Waals surface area contributed by atoms with Crippen molar-refractivity contribution < 1.29 is 9.47 Å². The average Bonchev–Trinajstić information content (AvgIpc) is 1.87. The highest BCUT2D eigenvalue weighted by atomic mass is 16.5. The van der Waals surface area contributed by atoms with E-state index in [-0.39, 0.29) is 11.7 Å². The summed E-state index contributed by atoms with van der Waals surface area (Å²) in [6.07, 6.45) is 2.53. The molecule has 0 aromatic heterocycles. The summed E-state index contributed by atoms with van der Waals surface area (Å²) in [4.78, 5) is 0. The van der Waals surface area contributed by atoms with Crippen molar-refractivity contribution in [3.8, 4) is 0 Å². The van der Waals surface area contributed by atoms with Crippen LogP contribution in [-0.2, 0) is 9.47 Å². The van der Waals surface area contributed by atoms with Crippen LogP contribution in [0.1, 0.15) is 26.7 Å². The second-order valence-corrected chi connectivity index (χ2v) is 3.32. The van der Waals surface area contributed by atoms with Gasteiger partial charge in [0.05, 0.1) is 11.7 Å². The summed E-state index contributed by atoms with van der Waals surface area (Å²) in [7, 11) is 1.75. The molecule has 1 heterocycles. The minimum absolute atomic E-state index is 0.0764. The van der Waals surface area contributed by atoms with Gasteiger partial charge in [0.15, 0.2) is 0 Å². The van der Waals surface area contributed by atoms with Crippen LogP contribution in [-0.4, -0.2) is 25.4 Å². The van der Waals surface area contributed by atoms with Crippen molar-refractivity contribution >= 4 is 0 Å². The summed E-state index contributed by atoms with van der Waals surface area (Å²) < 4.78 is 10.8. The van der Waals surface area contributed by atoms with Crippen molar-refractivity contribution in [1.82, 2.24) is 0 Å². The zero-order valence-electron chi connectivity index (χ0n) is 7.02. The molecule has 10 heavy (non-hydrogen) atoms. The first-order valence-corrected chi connectivity index (χ1v) is 3.83. The number of methoxy groups -OCH3 is 1. The highest BCUT2D eigenvalue weighted by Gasteiger charge is 2.32. The highest BCUT2D eigenvalue weighted by Crippen LogP contribution is 2.26. The molecule has 0 amide bonds. The van der Waals surface area contributed by atoms with Crippen molar-refractivity contribution in [1.29, 1.82) is 0 Å². The standard InChI is InChI=1S/C8H16O2/c1-8(2)7(9-3)5-4-6-10-8/h7H,4-6H2,1-3H3. The van der Waals surface area contributed by atoms with E-state index in [2.05, 4.69) is 13.8 Å². The van der Waals surface area contributed by atoms with Gasteiger partial charge in [-0.2, -0.15) is 0 Å². The van der Waals surface area contributed by atoms with Crippen LogP contribution in [0.3, 0.4) is 0 Å². The minimum Gasteiger partial charge on any atom is -0.378 e. The van der Waals surface area contributed by atoms with E-state index in [0.717, 1.165) is 19.4 Å². The molecule has 1 atom stereocenters. The fraction of sp³-hybridized carbons (Fsp3) is 1.00. The van der Waals surface area contributed by atoms with Crippen molar-refractivity contribution in [3.63, 3.8) is 0 Å². The van der Waals surface area contributed by atoms with Crippen LogP contribution in [0.2, 0.25) is 0 Å². The Bertz CT molecular complexity index is 110. The molecule has 1 fully saturated rings. The second-order valence-electron chi connectivity index (χ2n) is 3.32. The van der Waals surface area contributed by atoms with E-state index in [0.29, 0.717) is 0 Å². The lowest BCUT2D eigenvalue weighted by molar-refractivity contribution is -0.144. The lowest BCUT2D eigenvalue weighted by Gasteiger charge is -2.37. The van der Waals surface area contributed by atoms with E-state index in [1.807, 2.05) is 0 Å². The summed E-state index contributed by atoms with van der Waals surface area (Å²) in [6.45, 7) is 5.05. The monoisotopic (exact) mass is 144 g/mol. The fourth-order valence-corrected chi connectivity index (χ4v) is 1.45. The van der Waals surface area contributed by atoms with Crippen LogP contribution in [0.4, 0.5) is 0 Å². The summed E-state index contributed by atoms with van der Waals surface area (Å²) >= 11 is 0. The first-order valence-electron chi connectivity index (χ1n) is 3.83. The predicted molar refractivity (Wildman–Crippen MR) is 40.1 cm³/mol. The zero-order valence-corrected chi connectivity index (χ0v) is 7.02. The van der Waals surface area contributed by atoms with Crippen LogP contribution < -0.4 is 0 Å². The molecule has 0 aromatic rings. The maximum Gasteiger partial charge on any atom is 0.0886 e. The quantitative estimate of drug-likeness (QED) is 0.556. The molecule has 1 unspecified atom stereocenters. The number of hydrogen-bond acceptors (Lipinski definition) is 2. The van der Waals surface area contributed by atoms with Crippen LogP contribution in [0.5, 0.6) is 0 Å². The molecule has 0 spiro atoms. The Labute approximate surface area is 62.5 Å². The van der Waals surface area contributed by atoms with Crippen molar-refractivity contribution in [2.24, 2.45) is 0 Å². The molecule has 60 valence electrons. The van der Waals surface area contributed by atoms with Crippen molar-refractivity contribution in [2.75, 3.05) is 13.7 Å². The predicted octanol–water partition coefficient (Wildman–Crippen LogP) is 1.59. The van der Waals surface area contributed by atoms with E-state index in [1.165, 1.54) is 0 Å². The molecule has 1 saturated heterocycles. The summed E-state index contributed by atoms with van der Waals surface area (Å²) in [5.41, 5.74) is -0.0764. The van der Waals surface area contributed by atoms with Gasteiger partial charge in [0.2, 0.25) is 0 Å². The van der Waals surface area contributed by atoms with E-state index >= 15 is 0 Å². The molecule has 0 N–H and O–H groups in total. The maximum absolute atomic E-state index is 5.54. The van der Waals surface area contributed by atoms with Crippen LogP contribution in [0.25, 0.3) is 0 Å². The largest absolute Gasteiger partial charge is 0.378 e. The third kappa shape index (κ3) is 1.50. The van der Waals surface area contributed by atoms with Gasteiger partial charge in [-0.25, -0.2) is 0 Å². The van der Waals surface area contributed by atoms with Gasteiger partial charge in [0.1, 0.15) is 0 Å². The molecular formula is C8H16O2. The molecule has 2 heteroatoms. The smallest absolute Gasteiger partial charge is 0.0886 e. The molecular weight excluding hydrogens is 128 g/mol. The SMILES string of the molecule is COC1CCCOC1(C)C. The van der Waals surface area contributed by atoms with Gasteiger partial charge < -0.3 is 9.47 Å². The Balaban J connectivity index is 2.51. The van der Waals surface area contributed by atoms with Crippen molar-refractivity contribution in [2.45, 2.75) is 38.4 Å². The van der Waals surface area contributed by atoms with Gasteiger partial charge >= 0.3 is 0 Å². The number of ether oxygens (including phenoxy) is 2. The first-order chi connectivity index (χ1) is 4.67. The number of hydrogen-bond donors (Lipinski definition) is 0. The first kappa shape index (κ1) is 8.02. The van der Waals surface area contributed by atoms with Crippen LogP contribution in [0, 0.1) is 0 Å².